The van der Waals surface area contributed by atoms with E-state index in [0.717, 1.165) is 0 Å². The van der Waals surface area contributed by atoms with Gasteiger partial charge in [-0.15, -0.1) is 0 Å². The molecule has 164 valence electrons. The van der Waals surface area contributed by atoms with Crippen LogP contribution in [0.4, 0.5) is 0 Å². The second kappa shape index (κ2) is 8.05. The molecule has 0 saturated carbocycles. The van der Waals surface area contributed by atoms with E-state index in [-0.39, 0.29) is 26.4 Å². The Kier molecular flexibility index (Phi) is 5.57. The monoisotopic (exact) mass is 427 g/mol. The van der Waals surface area contributed by atoms with Gasteiger partial charge >= 0.3 is 5.97 Å². The summed E-state index contributed by atoms with van der Waals surface area (Å²) in [7, 11) is 1.45. The number of fused-ring (bicyclic) bond motifs is 1. The second-order valence-corrected chi connectivity index (χ2v) is 7.61. The third-order valence-corrected chi connectivity index (χ3v) is 6.30. The minimum atomic E-state index is -1.50. The van der Waals surface area contributed by atoms with Crippen molar-refractivity contribution in [3.8, 4) is 0 Å². The van der Waals surface area contributed by atoms with E-state index >= 15 is 0 Å². The number of aliphatic carboxylic acids is 1. The Balaban J connectivity index is 2.17. The largest absolute Gasteiger partial charge is 0.481 e. The van der Waals surface area contributed by atoms with Crippen LogP contribution in [-0.2, 0) is 30.3 Å². The molecular formula is C23H25NO7. The van der Waals surface area contributed by atoms with Crippen molar-refractivity contribution >= 4 is 11.9 Å². The topological polar surface area (TPSA) is 125 Å². The van der Waals surface area contributed by atoms with Crippen LogP contribution < -0.4 is 5.32 Å². The lowest BCUT2D eigenvalue weighted by atomic mass is 9.49. The van der Waals surface area contributed by atoms with Gasteiger partial charge in [0, 0.05) is 7.05 Å². The van der Waals surface area contributed by atoms with Crippen molar-refractivity contribution in [3.63, 3.8) is 0 Å². The molecule has 2 bridgehead atoms. The molecule has 3 aliphatic rings. The normalized spacial score (nSPS) is 28.0. The second-order valence-electron chi connectivity index (χ2n) is 7.61. The molecule has 3 aliphatic carbocycles. The number of nitrogens with one attached hydrogen (secondary N) is 1. The number of ether oxygens (including phenoxy) is 2. The number of amides is 1. The number of carbonyl (C=O) groups excluding carboxylic acids is 1. The van der Waals surface area contributed by atoms with Gasteiger partial charge in [-0.2, -0.15) is 0 Å². The summed E-state index contributed by atoms with van der Waals surface area (Å²) < 4.78 is 12.4. The van der Waals surface area contributed by atoms with Gasteiger partial charge in [-0.25, -0.2) is 0 Å². The van der Waals surface area contributed by atoms with E-state index in [9.17, 15) is 24.9 Å². The van der Waals surface area contributed by atoms with Gasteiger partial charge in [-0.1, -0.05) is 48.5 Å². The molecular weight excluding hydrogens is 402 g/mol. The maximum absolute atomic E-state index is 13.3. The highest BCUT2D eigenvalue weighted by molar-refractivity contribution is 5.91. The van der Waals surface area contributed by atoms with Gasteiger partial charge in [-0.05, 0) is 22.3 Å². The molecule has 1 amide bonds. The van der Waals surface area contributed by atoms with Gasteiger partial charge in [0.05, 0.1) is 32.3 Å². The number of carboxylic acids is 1. The summed E-state index contributed by atoms with van der Waals surface area (Å²) in [5, 5.41) is 32.1. The number of rotatable bonds is 8. The molecule has 0 fully saturated rings. The smallest absolute Gasteiger partial charge is 0.311 e. The van der Waals surface area contributed by atoms with Crippen LogP contribution in [0.5, 0.6) is 0 Å². The molecule has 0 saturated heterocycles. The lowest BCUT2D eigenvalue weighted by Gasteiger charge is -2.60. The van der Waals surface area contributed by atoms with Crippen LogP contribution in [0, 0.1) is 11.8 Å². The highest BCUT2D eigenvalue weighted by Crippen LogP contribution is 2.65. The van der Waals surface area contributed by atoms with Crippen LogP contribution in [-0.4, -0.2) is 60.7 Å². The molecule has 0 aromatic heterocycles. The molecule has 2 unspecified atom stereocenters. The SMILES string of the molecule is CNC(=O)C1C(C(=O)O)C2(OCCO)c3ccccc3C1(OCCO)c1ccccc12. The number of carbonyl (C=O) groups is 2. The summed E-state index contributed by atoms with van der Waals surface area (Å²) in [4.78, 5) is 26.0. The molecule has 2 aromatic carbocycles. The maximum Gasteiger partial charge on any atom is 0.311 e. The van der Waals surface area contributed by atoms with Crippen molar-refractivity contribution in [1.82, 2.24) is 5.32 Å². The van der Waals surface area contributed by atoms with E-state index in [1.54, 1.807) is 48.5 Å². The fraction of sp³-hybridized carbons (Fsp3) is 0.391. The summed E-state index contributed by atoms with van der Waals surface area (Å²) in [5.41, 5.74) is -0.537. The Morgan fingerprint density at radius 3 is 1.55 bits per heavy atom. The Bertz CT molecular complexity index is 957. The van der Waals surface area contributed by atoms with Crippen molar-refractivity contribution in [2.75, 3.05) is 33.5 Å². The van der Waals surface area contributed by atoms with Gasteiger partial charge in [0.15, 0.2) is 0 Å². The number of hydrogen-bond donors (Lipinski definition) is 4. The van der Waals surface area contributed by atoms with Gasteiger partial charge in [0.1, 0.15) is 17.1 Å². The van der Waals surface area contributed by atoms with Crippen LogP contribution in [0.25, 0.3) is 0 Å². The molecule has 0 spiro atoms. The summed E-state index contributed by atoms with van der Waals surface area (Å²) >= 11 is 0. The third-order valence-electron chi connectivity index (χ3n) is 6.30. The van der Waals surface area contributed by atoms with Crippen LogP contribution in [0.3, 0.4) is 0 Å². The highest BCUT2D eigenvalue weighted by atomic mass is 16.5. The summed E-state index contributed by atoms with van der Waals surface area (Å²) in [6.45, 7) is -0.809. The van der Waals surface area contributed by atoms with Gasteiger partial charge in [0.25, 0.3) is 0 Å². The summed E-state index contributed by atoms with van der Waals surface area (Å²) in [6, 6.07) is 14.3. The average Bonchev–Trinajstić information content (AvgIpc) is 2.80. The molecule has 2 atom stereocenters. The molecule has 8 heteroatoms. The fourth-order valence-corrected chi connectivity index (χ4v) is 5.40. The van der Waals surface area contributed by atoms with Crippen molar-refractivity contribution in [2.45, 2.75) is 11.2 Å². The molecule has 5 rings (SSSR count). The minimum Gasteiger partial charge on any atom is -0.481 e. The van der Waals surface area contributed by atoms with Crippen molar-refractivity contribution in [1.29, 1.82) is 0 Å². The highest BCUT2D eigenvalue weighted by Gasteiger charge is 2.71. The first-order valence-corrected chi connectivity index (χ1v) is 10.1. The first-order chi connectivity index (χ1) is 15.0. The van der Waals surface area contributed by atoms with Crippen LogP contribution in [0.1, 0.15) is 22.3 Å². The number of aliphatic hydroxyl groups excluding tert-OH is 2. The van der Waals surface area contributed by atoms with E-state index in [4.69, 9.17) is 9.47 Å². The number of carboxylic acid groups (broad SMARTS) is 1. The van der Waals surface area contributed by atoms with Crippen molar-refractivity contribution in [2.24, 2.45) is 11.8 Å². The first-order valence-electron chi connectivity index (χ1n) is 10.1. The standard InChI is InChI=1S/C23H25NO7/c1-24-20(27)18-19(21(28)29)23(31-13-11-26)16-8-4-2-6-14(16)22(18,30-12-10-25)15-7-3-5-9-17(15)23/h2-9,18-19,25-26H,10-13H2,1H3,(H,24,27)(H,28,29). The van der Waals surface area contributed by atoms with E-state index in [1.807, 2.05) is 0 Å². The minimum absolute atomic E-state index is 0.0903. The predicted octanol–water partition coefficient (Wildman–Crippen LogP) is 0.582. The van der Waals surface area contributed by atoms with Crippen LogP contribution in [0.15, 0.2) is 48.5 Å². The van der Waals surface area contributed by atoms with Crippen molar-refractivity contribution in [3.05, 3.63) is 70.8 Å². The number of benzene rings is 2. The Labute approximate surface area is 179 Å². The lowest BCUT2D eigenvalue weighted by Crippen LogP contribution is -2.67. The quantitative estimate of drug-likeness (QED) is 0.486. The Morgan fingerprint density at radius 2 is 1.23 bits per heavy atom. The molecule has 8 nitrogen and oxygen atoms in total. The van der Waals surface area contributed by atoms with Crippen LogP contribution >= 0.6 is 0 Å². The van der Waals surface area contributed by atoms with E-state index in [1.165, 1.54) is 7.05 Å². The van der Waals surface area contributed by atoms with Gasteiger partial charge in [0.2, 0.25) is 5.91 Å². The lowest BCUT2D eigenvalue weighted by molar-refractivity contribution is -0.200. The third kappa shape index (κ3) is 2.76. The molecule has 2 aromatic rings. The molecule has 0 radical (unpaired) electrons. The fourth-order valence-electron chi connectivity index (χ4n) is 5.40. The first kappa shape index (κ1) is 21.5. The van der Waals surface area contributed by atoms with Gasteiger partial charge < -0.3 is 30.1 Å². The van der Waals surface area contributed by atoms with Crippen molar-refractivity contribution < 1.29 is 34.4 Å². The summed E-state index contributed by atoms with van der Waals surface area (Å²) in [6.07, 6.45) is 0. The zero-order chi connectivity index (χ0) is 22.2. The predicted molar refractivity (Wildman–Crippen MR) is 109 cm³/mol. The number of hydrogen-bond acceptors (Lipinski definition) is 6. The van der Waals surface area contributed by atoms with E-state index in [0.29, 0.717) is 22.3 Å². The molecule has 0 heterocycles. The number of aliphatic hydroxyl groups is 2. The van der Waals surface area contributed by atoms with E-state index < -0.39 is 34.9 Å². The van der Waals surface area contributed by atoms with E-state index in [2.05, 4.69) is 5.32 Å². The Morgan fingerprint density at radius 1 is 0.839 bits per heavy atom. The van der Waals surface area contributed by atoms with Crippen LogP contribution in [0.2, 0.25) is 0 Å². The zero-order valence-electron chi connectivity index (χ0n) is 17.1. The average molecular weight is 427 g/mol. The molecule has 31 heavy (non-hydrogen) atoms. The zero-order valence-corrected chi connectivity index (χ0v) is 17.1. The maximum atomic E-state index is 13.3. The molecule has 4 N–H and O–H groups in total. The molecule has 0 aliphatic heterocycles. The summed E-state index contributed by atoms with van der Waals surface area (Å²) in [5.74, 6) is -4.23. The Hall–Kier alpha value is -2.78. The van der Waals surface area contributed by atoms with Gasteiger partial charge in [-0.3, -0.25) is 9.59 Å².